The molecule has 1 aliphatic rings. The number of benzene rings is 1. The van der Waals surface area contributed by atoms with Crippen LogP contribution in [0, 0.1) is 0 Å². The molecule has 4 N–H and O–H groups in total. The Morgan fingerprint density at radius 2 is 2.30 bits per heavy atom. The van der Waals surface area contributed by atoms with E-state index in [2.05, 4.69) is 10.3 Å². The predicted molar refractivity (Wildman–Crippen MR) is 87.1 cm³/mol. The molecule has 0 radical (unpaired) electrons. The standard InChI is InChI=1S/C16H20N4O3/c17-10-3-4-13-12(6-10)16(23)20(9-19-13)8-11(21)7-14-15(22)2-1-5-18-14/h3-4,6,9,14-15,18,22H,1-2,5,7-8,17H2/t14-,15+/m1/s1. The van der Waals surface area contributed by atoms with E-state index in [0.29, 0.717) is 23.0 Å². The van der Waals surface area contributed by atoms with Gasteiger partial charge in [0.2, 0.25) is 0 Å². The van der Waals surface area contributed by atoms with Gasteiger partial charge in [0.15, 0.2) is 5.78 Å². The molecule has 1 fully saturated rings. The fourth-order valence-electron chi connectivity index (χ4n) is 2.93. The number of nitrogens with one attached hydrogen (secondary N) is 1. The summed E-state index contributed by atoms with van der Waals surface area (Å²) in [6.07, 6.45) is 2.66. The number of aliphatic hydroxyl groups is 1. The van der Waals surface area contributed by atoms with Gasteiger partial charge in [0.25, 0.3) is 5.56 Å². The summed E-state index contributed by atoms with van der Waals surface area (Å²) in [4.78, 5) is 28.8. The van der Waals surface area contributed by atoms with Crippen LogP contribution in [0.1, 0.15) is 19.3 Å². The number of hydrogen-bond donors (Lipinski definition) is 3. The Hall–Kier alpha value is -2.25. The molecule has 1 aliphatic heterocycles. The highest BCUT2D eigenvalue weighted by molar-refractivity contribution is 5.82. The van der Waals surface area contributed by atoms with E-state index in [-0.39, 0.29) is 30.3 Å². The van der Waals surface area contributed by atoms with Gasteiger partial charge in [-0.1, -0.05) is 0 Å². The molecule has 0 spiro atoms. The van der Waals surface area contributed by atoms with Crippen LogP contribution in [0.2, 0.25) is 0 Å². The summed E-state index contributed by atoms with van der Waals surface area (Å²) in [5.74, 6) is -0.115. The Morgan fingerprint density at radius 3 is 3.09 bits per heavy atom. The maximum Gasteiger partial charge on any atom is 0.261 e. The fraction of sp³-hybridized carbons (Fsp3) is 0.438. The topological polar surface area (TPSA) is 110 Å². The van der Waals surface area contributed by atoms with Crippen LogP contribution < -0.4 is 16.6 Å². The van der Waals surface area contributed by atoms with Gasteiger partial charge in [-0.25, -0.2) is 4.98 Å². The zero-order valence-corrected chi connectivity index (χ0v) is 12.7. The SMILES string of the molecule is Nc1ccc2ncn(CC(=O)C[C@H]3NCCC[C@@H]3O)c(=O)c2c1. The number of Topliss-reactive ketones (excluding diaryl/α,β-unsaturated/α-hetero) is 1. The van der Waals surface area contributed by atoms with Crippen molar-refractivity contribution < 1.29 is 9.90 Å². The summed E-state index contributed by atoms with van der Waals surface area (Å²) in [6.45, 7) is 0.743. The first-order chi connectivity index (χ1) is 11.0. The lowest BCUT2D eigenvalue weighted by Gasteiger charge is -2.28. The third-order valence-electron chi connectivity index (χ3n) is 4.19. The van der Waals surface area contributed by atoms with Gasteiger partial charge in [0.1, 0.15) is 0 Å². The molecular weight excluding hydrogens is 296 g/mol. The lowest BCUT2D eigenvalue weighted by atomic mass is 9.97. The van der Waals surface area contributed by atoms with E-state index in [1.807, 2.05) is 0 Å². The van der Waals surface area contributed by atoms with E-state index in [4.69, 9.17) is 5.73 Å². The van der Waals surface area contributed by atoms with Crippen LogP contribution in [0.5, 0.6) is 0 Å². The first-order valence-corrected chi connectivity index (χ1v) is 7.72. The third kappa shape index (κ3) is 3.40. The molecule has 0 aliphatic carbocycles. The van der Waals surface area contributed by atoms with E-state index in [1.54, 1.807) is 18.2 Å². The molecule has 1 aromatic heterocycles. The van der Waals surface area contributed by atoms with Gasteiger partial charge in [-0.3, -0.25) is 14.2 Å². The zero-order valence-electron chi connectivity index (χ0n) is 12.7. The van der Waals surface area contributed by atoms with Crippen molar-refractivity contribution in [2.45, 2.75) is 38.0 Å². The molecule has 7 heteroatoms. The van der Waals surface area contributed by atoms with Crippen molar-refractivity contribution >= 4 is 22.4 Å². The number of aromatic nitrogens is 2. The van der Waals surface area contributed by atoms with E-state index in [1.165, 1.54) is 10.9 Å². The fourth-order valence-corrected chi connectivity index (χ4v) is 2.93. The van der Waals surface area contributed by atoms with E-state index in [0.717, 1.165) is 13.0 Å². The molecule has 2 heterocycles. The third-order valence-corrected chi connectivity index (χ3v) is 4.19. The Balaban J connectivity index is 1.77. The van der Waals surface area contributed by atoms with Gasteiger partial charge < -0.3 is 16.2 Å². The predicted octanol–water partition coefficient (Wildman–Crippen LogP) is 0.0508. The molecule has 2 atom stereocenters. The van der Waals surface area contributed by atoms with E-state index < -0.39 is 6.10 Å². The van der Waals surface area contributed by atoms with Crippen molar-refractivity contribution in [1.29, 1.82) is 0 Å². The molecule has 0 unspecified atom stereocenters. The summed E-state index contributed by atoms with van der Waals surface area (Å²) in [7, 11) is 0. The van der Waals surface area contributed by atoms with Gasteiger partial charge in [-0.05, 0) is 37.6 Å². The normalized spacial score (nSPS) is 21.4. The molecular formula is C16H20N4O3. The summed E-state index contributed by atoms with van der Waals surface area (Å²) < 4.78 is 1.29. The second-order valence-electron chi connectivity index (χ2n) is 5.97. The minimum absolute atomic E-state index is 0.0541. The average Bonchev–Trinajstić information content (AvgIpc) is 2.53. The molecule has 3 rings (SSSR count). The highest BCUT2D eigenvalue weighted by atomic mass is 16.3. The van der Waals surface area contributed by atoms with Crippen LogP contribution >= 0.6 is 0 Å². The number of piperidine rings is 1. The molecule has 0 amide bonds. The van der Waals surface area contributed by atoms with Crippen LogP contribution in [-0.4, -0.2) is 39.1 Å². The number of nitrogens with zero attached hydrogens (tertiary/aromatic N) is 2. The minimum atomic E-state index is -0.515. The van der Waals surface area contributed by atoms with E-state index >= 15 is 0 Å². The molecule has 2 aromatic rings. The Kier molecular flexibility index (Phi) is 4.40. The number of hydrogen-bond acceptors (Lipinski definition) is 6. The average molecular weight is 316 g/mol. The number of fused-ring (bicyclic) bond motifs is 1. The molecule has 0 bridgehead atoms. The van der Waals surface area contributed by atoms with Crippen LogP contribution in [0.25, 0.3) is 10.9 Å². The molecule has 23 heavy (non-hydrogen) atoms. The van der Waals surface area contributed by atoms with Gasteiger partial charge >= 0.3 is 0 Å². The minimum Gasteiger partial charge on any atom is -0.399 e. The van der Waals surface area contributed by atoms with Gasteiger partial charge in [-0.15, -0.1) is 0 Å². The zero-order chi connectivity index (χ0) is 16.4. The molecule has 122 valence electrons. The molecule has 7 nitrogen and oxygen atoms in total. The maximum absolute atomic E-state index is 12.4. The Morgan fingerprint density at radius 1 is 1.48 bits per heavy atom. The summed E-state index contributed by atoms with van der Waals surface area (Å²) >= 11 is 0. The number of rotatable bonds is 4. The summed E-state index contributed by atoms with van der Waals surface area (Å²) in [5.41, 5.74) is 6.45. The number of aliphatic hydroxyl groups excluding tert-OH is 1. The number of carbonyl (C=O) groups excluding carboxylic acids is 1. The summed E-state index contributed by atoms with van der Waals surface area (Å²) in [5, 5.41) is 13.4. The number of nitrogen functional groups attached to an aromatic ring is 1. The number of carbonyl (C=O) groups is 1. The van der Waals surface area contributed by atoms with Crippen LogP contribution in [0.3, 0.4) is 0 Å². The largest absolute Gasteiger partial charge is 0.399 e. The maximum atomic E-state index is 12.4. The van der Waals surface area contributed by atoms with Crippen molar-refractivity contribution in [2.24, 2.45) is 0 Å². The monoisotopic (exact) mass is 316 g/mol. The lowest BCUT2D eigenvalue weighted by Crippen LogP contribution is -2.46. The number of ketones is 1. The molecule has 1 aromatic carbocycles. The smallest absolute Gasteiger partial charge is 0.261 e. The van der Waals surface area contributed by atoms with Crippen molar-refractivity contribution in [2.75, 3.05) is 12.3 Å². The van der Waals surface area contributed by atoms with Crippen LogP contribution in [-0.2, 0) is 11.3 Å². The second-order valence-corrected chi connectivity index (χ2v) is 5.97. The Labute approximate surface area is 133 Å². The molecule has 1 saturated heterocycles. The first kappa shape index (κ1) is 15.6. The van der Waals surface area contributed by atoms with Gasteiger partial charge in [0, 0.05) is 18.2 Å². The van der Waals surface area contributed by atoms with Crippen molar-refractivity contribution in [3.8, 4) is 0 Å². The van der Waals surface area contributed by atoms with Gasteiger partial charge in [0.05, 0.1) is 29.9 Å². The summed E-state index contributed by atoms with van der Waals surface area (Å²) in [6, 6.07) is 4.69. The first-order valence-electron chi connectivity index (χ1n) is 7.72. The van der Waals surface area contributed by atoms with Gasteiger partial charge in [-0.2, -0.15) is 0 Å². The number of nitrogens with two attached hydrogens (primary N) is 1. The lowest BCUT2D eigenvalue weighted by molar-refractivity contribution is -0.121. The molecule has 0 saturated carbocycles. The van der Waals surface area contributed by atoms with Crippen molar-refractivity contribution in [3.05, 3.63) is 34.9 Å². The van der Waals surface area contributed by atoms with E-state index in [9.17, 15) is 14.7 Å². The van der Waals surface area contributed by atoms with Crippen LogP contribution in [0.15, 0.2) is 29.3 Å². The quantitative estimate of drug-likeness (QED) is 0.688. The van der Waals surface area contributed by atoms with Crippen molar-refractivity contribution in [3.63, 3.8) is 0 Å². The number of anilines is 1. The second kappa shape index (κ2) is 6.47. The highest BCUT2D eigenvalue weighted by Crippen LogP contribution is 2.13. The van der Waals surface area contributed by atoms with Crippen LogP contribution in [0.4, 0.5) is 5.69 Å². The Bertz CT molecular complexity index is 786. The van der Waals surface area contributed by atoms with Crippen molar-refractivity contribution in [1.82, 2.24) is 14.9 Å². The highest BCUT2D eigenvalue weighted by Gasteiger charge is 2.25.